The van der Waals surface area contributed by atoms with E-state index in [0.29, 0.717) is 10.3 Å². The summed E-state index contributed by atoms with van der Waals surface area (Å²) in [7, 11) is 0. The Labute approximate surface area is 148 Å². The number of hydrogen-bond donors (Lipinski definition) is 1. The molecule has 0 aliphatic heterocycles. The van der Waals surface area contributed by atoms with Gasteiger partial charge in [0.05, 0.1) is 11.4 Å². The highest BCUT2D eigenvalue weighted by molar-refractivity contribution is 7.99. The minimum absolute atomic E-state index is 0.0264. The first-order valence-corrected chi connectivity index (χ1v) is 9.22. The number of rotatable bonds is 5. The Morgan fingerprint density at radius 3 is 2.75 bits per heavy atom. The summed E-state index contributed by atoms with van der Waals surface area (Å²) in [6.45, 7) is 6.28. The largest absolute Gasteiger partial charge is 0.301 e. The zero-order chi connectivity index (χ0) is 17.2. The molecule has 0 spiro atoms. The summed E-state index contributed by atoms with van der Waals surface area (Å²) in [5.41, 5.74) is 0.948. The Balaban J connectivity index is 1.59. The predicted molar refractivity (Wildman–Crippen MR) is 95.4 cm³/mol. The molecule has 3 aromatic rings. The molecule has 24 heavy (non-hydrogen) atoms. The smallest absolute Gasteiger partial charge is 0.236 e. The number of thioether (sulfide) groups is 1. The van der Waals surface area contributed by atoms with Crippen LogP contribution < -0.4 is 5.32 Å². The Kier molecular flexibility index (Phi) is 4.72. The van der Waals surface area contributed by atoms with Crippen LogP contribution in [0.4, 0.5) is 5.13 Å². The second-order valence-corrected chi connectivity index (χ2v) is 7.95. The fourth-order valence-corrected chi connectivity index (χ4v) is 3.57. The van der Waals surface area contributed by atoms with Gasteiger partial charge in [0, 0.05) is 23.2 Å². The Morgan fingerprint density at radius 1 is 1.33 bits per heavy atom. The first kappa shape index (κ1) is 16.7. The fraction of sp³-hybridized carbons (Fsp3) is 0.333. The lowest BCUT2D eigenvalue weighted by Crippen LogP contribution is -2.16. The normalized spacial score (nSPS) is 11.6. The van der Waals surface area contributed by atoms with Gasteiger partial charge in [-0.1, -0.05) is 32.5 Å². The summed E-state index contributed by atoms with van der Waals surface area (Å²) < 4.78 is 3.62. The molecule has 1 amide bonds. The highest BCUT2D eigenvalue weighted by Gasteiger charge is 2.18. The van der Waals surface area contributed by atoms with Gasteiger partial charge in [-0.2, -0.15) is 0 Å². The molecule has 0 aliphatic carbocycles. The van der Waals surface area contributed by atoms with Crippen LogP contribution in [-0.2, 0) is 10.2 Å². The minimum Gasteiger partial charge on any atom is -0.301 e. The van der Waals surface area contributed by atoms with Crippen molar-refractivity contribution in [3.63, 3.8) is 0 Å². The quantitative estimate of drug-likeness (QED) is 0.706. The second kappa shape index (κ2) is 6.78. The number of thiazole rings is 1. The number of nitrogens with one attached hydrogen (secondary N) is 1. The standard InChI is InChI=1S/C15H18N6OS2/c1-15(2,3)11-8-23-13(17-11)18-12(22)9-24-14-19-16-10-21(14)20-6-4-5-7-20/h4-8,10H,9H2,1-3H3,(H,17,18,22). The average Bonchev–Trinajstić information content (AvgIpc) is 3.24. The molecule has 7 nitrogen and oxygen atoms in total. The first-order chi connectivity index (χ1) is 11.4. The molecule has 0 aliphatic rings. The van der Waals surface area contributed by atoms with E-state index in [9.17, 15) is 4.79 Å². The number of carbonyl (C=O) groups excluding carboxylic acids is 1. The van der Waals surface area contributed by atoms with E-state index in [1.54, 1.807) is 11.0 Å². The van der Waals surface area contributed by atoms with Crippen molar-refractivity contribution in [3.05, 3.63) is 41.9 Å². The van der Waals surface area contributed by atoms with Crippen LogP contribution in [0.3, 0.4) is 0 Å². The number of aromatic nitrogens is 5. The van der Waals surface area contributed by atoms with Gasteiger partial charge in [0.25, 0.3) is 0 Å². The molecular weight excluding hydrogens is 344 g/mol. The molecule has 126 valence electrons. The van der Waals surface area contributed by atoms with Crippen molar-refractivity contribution < 1.29 is 4.79 Å². The molecule has 0 fully saturated rings. The number of carbonyl (C=O) groups is 1. The monoisotopic (exact) mass is 362 g/mol. The van der Waals surface area contributed by atoms with Crippen LogP contribution in [0, 0.1) is 0 Å². The van der Waals surface area contributed by atoms with Crippen LogP contribution in [0.2, 0.25) is 0 Å². The maximum Gasteiger partial charge on any atom is 0.236 e. The van der Waals surface area contributed by atoms with Crippen LogP contribution in [0.1, 0.15) is 26.5 Å². The van der Waals surface area contributed by atoms with Gasteiger partial charge in [-0.3, -0.25) is 9.47 Å². The highest BCUT2D eigenvalue weighted by atomic mass is 32.2. The molecule has 0 atom stereocenters. The SMILES string of the molecule is CC(C)(C)c1csc(NC(=O)CSc2nncn2-n2cccc2)n1. The number of hydrogen-bond acceptors (Lipinski definition) is 6. The van der Waals surface area contributed by atoms with E-state index < -0.39 is 0 Å². The van der Waals surface area contributed by atoms with Crippen molar-refractivity contribution in [2.45, 2.75) is 31.3 Å². The molecule has 0 saturated carbocycles. The molecular formula is C15H18N6OS2. The summed E-state index contributed by atoms with van der Waals surface area (Å²) in [6, 6.07) is 3.83. The van der Waals surface area contributed by atoms with E-state index in [1.807, 2.05) is 34.6 Å². The maximum atomic E-state index is 12.1. The van der Waals surface area contributed by atoms with Gasteiger partial charge >= 0.3 is 0 Å². The summed E-state index contributed by atoms with van der Waals surface area (Å²) in [5, 5.41) is 14.0. The lowest BCUT2D eigenvalue weighted by molar-refractivity contribution is -0.113. The molecule has 1 N–H and O–H groups in total. The van der Waals surface area contributed by atoms with E-state index in [4.69, 9.17) is 0 Å². The number of nitrogens with zero attached hydrogens (tertiary/aromatic N) is 5. The van der Waals surface area contributed by atoms with Crippen LogP contribution in [-0.4, -0.2) is 36.2 Å². The third kappa shape index (κ3) is 3.85. The van der Waals surface area contributed by atoms with Gasteiger partial charge < -0.3 is 5.32 Å². The van der Waals surface area contributed by atoms with E-state index in [0.717, 1.165) is 5.69 Å². The van der Waals surface area contributed by atoms with Gasteiger partial charge in [0.15, 0.2) is 5.13 Å². The molecule has 0 aromatic carbocycles. The summed E-state index contributed by atoms with van der Waals surface area (Å²) in [4.78, 5) is 16.6. The van der Waals surface area contributed by atoms with Gasteiger partial charge in [0.2, 0.25) is 11.1 Å². The lowest BCUT2D eigenvalue weighted by atomic mass is 9.93. The van der Waals surface area contributed by atoms with Crippen molar-refractivity contribution in [1.82, 2.24) is 24.5 Å². The van der Waals surface area contributed by atoms with Gasteiger partial charge in [-0.15, -0.1) is 21.5 Å². The number of amides is 1. The predicted octanol–water partition coefficient (Wildman–Crippen LogP) is 2.88. The van der Waals surface area contributed by atoms with Crippen molar-refractivity contribution in [3.8, 4) is 0 Å². The van der Waals surface area contributed by atoms with Crippen LogP contribution in [0.5, 0.6) is 0 Å². The molecule has 3 heterocycles. The molecule has 0 radical (unpaired) electrons. The molecule has 3 aromatic heterocycles. The second-order valence-electron chi connectivity index (χ2n) is 6.15. The molecule has 9 heteroatoms. The van der Waals surface area contributed by atoms with Gasteiger partial charge in [-0.05, 0) is 12.1 Å². The summed E-state index contributed by atoms with van der Waals surface area (Å²) >= 11 is 2.76. The zero-order valence-corrected chi connectivity index (χ0v) is 15.3. The Bertz CT molecular complexity index is 815. The third-order valence-electron chi connectivity index (χ3n) is 3.19. The van der Waals surface area contributed by atoms with Crippen LogP contribution in [0.15, 0.2) is 41.4 Å². The van der Waals surface area contributed by atoms with Crippen molar-refractivity contribution in [1.29, 1.82) is 0 Å². The van der Waals surface area contributed by atoms with Crippen molar-refractivity contribution in [2.24, 2.45) is 0 Å². The molecule has 0 bridgehead atoms. The highest BCUT2D eigenvalue weighted by Crippen LogP contribution is 2.26. The third-order valence-corrected chi connectivity index (χ3v) is 4.88. The average molecular weight is 362 g/mol. The summed E-state index contributed by atoms with van der Waals surface area (Å²) in [5.74, 6) is 0.126. The maximum absolute atomic E-state index is 12.1. The van der Waals surface area contributed by atoms with Crippen LogP contribution in [0.25, 0.3) is 0 Å². The topological polar surface area (TPSA) is 77.6 Å². The molecule has 3 rings (SSSR count). The van der Waals surface area contributed by atoms with Gasteiger partial charge in [0.1, 0.15) is 6.33 Å². The van der Waals surface area contributed by atoms with E-state index >= 15 is 0 Å². The van der Waals surface area contributed by atoms with Crippen LogP contribution >= 0.6 is 23.1 Å². The Morgan fingerprint density at radius 2 is 2.08 bits per heavy atom. The van der Waals surface area contributed by atoms with E-state index in [-0.39, 0.29) is 17.1 Å². The van der Waals surface area contributed by atoms with E-state index in [2.05, 4.69) is 41.3 Å². The summed E-state index contributed by atoms with van der Waals surface area (Å²) in [6.07, 6.45) is 5.38. The molecule has 0 unspecified atom stereocenters. The zero-order valence-electron chi connectivity index (χ0n) is 13.6. The minimum atomic E-state index is -0.114. The van der Waals surface area contributed by atoms with Crippen molar-refractivity contribution >= 4 is 34.1 Å². The van der Waals surface area contributed by atoms with Crippen molar-refractivity contribution in [2.75, 3.05) is 11.1 Å². The fourth-order valence-electron chi connectivity index (χ4n) is 1.90. The van der Waals surface area contributed by atoms with E-state index in [1.165, 1.54) is 23.1 Å². The van der Waals surface area contributed by atoms with Gasteiger partial charge in [-0.25, -0.2) is 9.66 Å². The Hall–Kier alpha value is -2.13. The first-order valence-electron chi connectivity index (χ1n) is 7.36. The molecule has 0 saturated heterocycles. The number of anilines is 1. The lowest BCUT2D eigenvalue weighted by Gasteiger charge is -2.14.